The fourth-order valence-electron chi connectivity index (χ4n) is 2.21. The van der Waals surface area contributed by atoms with Gasteiger partial charge in [-0.2, -0.15) is 5.10 Å². The van der Waals surface area contributed by atoms with Gasteiger partial charge in [-0.1, -0.05) is 6.07 Å². The maximum Gasteiger partial charge on any atom is 0.131 e. The molecule has 1 saturated carbocycles. The smallest absolute Gasteiger partial charge is 0.131 e. The largest absolute Gasteiger partial charge is 0.389 e. The van der Waals surface area contributed by atoms with E-state index < -0.39 is 11.9 Å². The minimum atomic E-state index is -0.852. The van der Waals surface area contributed by atoms with Crippen molar-refractivity contribution in [3.8, 4) is 5.69 Å². The van der Waals surface area contributed by atoms with Gasteiger partial charge in [-0.05, 0) is 38.0 Å². The Hall–Kier alpha value is -1.68. The van der Waals surface area contributed by atoms with Crippen molar-refractivity contribution in [2.45, 2.75) is 31.8 Å². The summed E-state index contributed by atoms with van der Waals surface area (Å²) in [5.74, 6) is 0.167. The maximum atomic E-state index is 13.8. The number of rotatable bonds is 3. The monoisotopic (exact) mass is 246 g/mol. The number of hydrogen-bond donors (Lipinski definition) is 1. The van der Waals surface area contributed by atoms with Crippen LogP contribution in [0.2, 0.25) is 0 Å². The summed E-state index contributed by atoms with van der Waals surface area (Å²) < 4.78 is 15.4. The Labute approximate surface area is 105 Å². The van der Waals surface area contributed by atoms with Gasteiger partial charge in [0.15, 0.2) is 0 Å². The van der Waals surface area contributed by atoms with E-state index in [1.54, 1.807) is 23.7 Å². The van der Waals surface area contributed by atoms with E-state index in [1.807, 2.05) is 12.3 Å². The first-order valence-electron chi connectivity index (χ1n) is 6.19. The van der Waals surface area contributed by atoms with Crippen LogP contribution in [0.25, 0.3) is 5.69 Å². The molecule has 1 atom stereocenters. The lowest BCUT2D eigenvalue weighted by Crippen LogP contribution is -2.06. The number of aromatic nitrogens is 2. The normalized spacial score (nSPS) is 16.8. The zero-order chi connectivity index (χ0) is 12.7. The van der Waals surface area contributed by atoms with Crippen LogP contribution in [-0.4, -0.2) is 14.9 Å². The fraction of sp³-hybridized carbons (Fsp3) is 0.357. The van der Waals surface area contributed by atoms with Gasteiger partial charge in [0.1, 0.15) is 5.82 Å². The predicted molar refractivity (Wildman–Crippen MR) is 66.1 cm³/mol. The number of benzene rings is 1. The zero-order valence-corrected chi connectivity index (χ0v) is 10.2. The quantitative estimate of drug-likeness (QED) is 0.904. The predicted octanol–water partition coefficient (Wildman–Crippen LogP) is 2.94. The SMILES string of the molecule is C[C@@H](O)c1c(F)cccc1-n1ccc(C2CC2)n1. The molecule has 0 aliphatic heterocycles. The van der Waals surface area contributed by atoms with Crippen LogP contribution >= 0.6 is 0 Å². The molecule has 0 unspecified atom stereocenters. The molecule has 3 nitrogen and oxygen atoms in total. The van der Waals surface area contributed by atoms with Gasteiger partial charge in [0.05, 0.1) is 17.5 Å². The van der Waals surface area contributed by atoms with Gasteiger partial charge in [-0.15, -0.1) is 0 Å². The number of nitrogens with zero attached hydrogens (tertiary/aromatic N) is 2. The van der Waals surface area contributed by atoms with Gasteiger partial charge in [-0.25, -0.2) is 9.07 Å². The summed E-state index contributed by atoms with van der Waals surface area (Å²) in [6.07, 6.45) is 3.34. The molecule has 1 fully saturated rings. The fourth-order valence-corrected chi connectivity index (χ4v) is 2.21. The van der Waals surface area contributed by atoms with Crippen molar-refractivity contribution in [3.05, 3.63) is 47.5 Å². The molecule has 94 valence electrons. The van der Waals surface area contributed by atoms with Crippen molar-refractivity contribution in [1.82, 2.24) is 9.78 Å². The van der Waals surface area contributed by atoms with Crippen molar-refractivity contribution in [3.63, 3.8) is 0 Å². The Balaban J connectivity index is 2.06. The van der Waals surface area contributed by atoms with Crippen molar-refractivity contribution in [1.29, 1.82) is 0 Å². The molecule has 1 N–H and O–H groups in total. The lowest BCUT2D eigenvalue weighted by atomic mass is 10.1. The first-order chi connectivity index (χ1) is 8.66. The molecule has 1 aromatic heterocycles. The third-order valence-corrected chi connectivity index (χ3v) is 3.30. The van der Waals surface area contributed by atoms with Crippen LogP contribution in [0.3, 0.4) is 0 Å². The summed E-state index contributed by atoms with van der Waals surface area (Å²) in [5, 5.41) is 14.2. The van der Waals surface area contributed by atoms with Crippen LogP contribution in [0, 0.1) is 5.82 Å². The van der Waals surface area contributed by atoms with Crippen molar-refractivity contribution < 1.29 is 9.50 Å². The molecule has 0 saturated heterocycles. The van der Waals surface area contributed by atoms with Crippen LogP contribution in [0.15, 0.2) is 30.5 Å². The highest BCUT2D eigenvalue weighted by atomic mass is 19.1. The number of aliphatic hydroxyl groups excluding tert-OH is 1. The number of halogens is 1. The Kier molecular flexibility index (Phi) is 2.67. The first-order valence-corrected chi connectivity index (χ1v) is 6.19. The molecule has 0 spiro atoms. The van der Waals surface area contributed by atoms with Crippen LogP contribution in [0.5, 0.6) is 0 Å². The average Bonchev–Trinajstić information content (AvgIpc) is 3.06. The highest BCUT2D eigenvalue weighted by Gasteiger charge is 2.26. The van der Waals surface area contributed by atoms with Crippen LogP contribution in [-0.2, 0) is 0 Å². The van der Waals surface area contributed by atoms with E-state index in [-0.39, 0.29) is 0 Å². The Morgan fingerprint density at radius 1 is 1.39 bits per heavy atom. The molecular formula is C14H15FN2O. The molecule has 1 aliphatic carbocycles. The maximum absolute atomic E-state index is 13.8. The van der Waals surface area contributed by atoms with E-state index in [1.165, 1.54) is 18.9 Å². The lowest BCUT2D eigenvalue weighted by molar-refractivity contribution is 0.194. The van der Waals surface area contributed by atoms with Gasteiger partial charge in [0.2, 0.25) is 0 Å². The molecule has 2 aromatic rings. The Bertz CT molecular complexity index is 573. The summed E-state index contributed by atoms with van der Waals surface area (Å²) in [6, 6.07) is 6.73. The summed E-state index contributed by atoms with van der Waals surface area (Å²) in [6.45, 7) is 1.56. The molecule has 1 heterocycles. The van der Waals surface area contributed by atoms with Gasteiger partial charge in [0, 0.05) is 17.7 Å². The summed E-state index contributed by atoms with van der Waals surface area (Å²) in [5.41, 5.74) is 1.95. The van der Waals surface area contributed by atoms with Gasteiger partial charge < -0.3 is 5.11 Å². The minimum absolute atomic E-state index is 0.294. The Morgan fingerprint density at radius 2 is 2.17 bits per heavy atom. The molecule has 1 aromatic carbocycles. The van der Waals surface area contributed by atoms with Gasteiger partial charge >= 0.3 is 0 Å². The molecule has 0 amide bonds. The van der Waals surface area contributed by atoms with E-state index in [4.69, 9.17) is 0 Å². The molecule has 0 bridgehead atoms. The molecule has 4 heteroatoms. The second-order valence-corrected chi connectivity index (χ2v) is 4.81. The van der Waals surface area contributed by atoms with Crippen molar-refractivity contribution in [2.75, 3.05) is 0 Å². The van der Waals surface area contributed by atoms with E-state index in [0.29, 0.717) is 17.2 Å². The van der Waals surface area contributed by atoms with E-state index in [0.717, 1.165) is 5.69 Å². The molecule has 0 radical (unpaired) electrons. The van der Waals surface area contributed by atoms with Gasteiger partial charge in [-0.3, -0.25) is 0 Å². The number of aliphatic hydroxyl groups is 1. The van der Waals surface area contributed by atoms with Crippen LogP contribution < -0.4 is 0 Å². The summed E-state index contributed by atoms with van der Waals surface area (Å²) >= 11 is 0. The second-order valence-electron chi connectivity index (χ2n) is 4.81. The standard InChI is InChI=1S/C14H15FN2O/c1-9(18)14-11(15)3-2-4-13(14)17-8-7-12(16-17)10-5-6-10/h2-4,7-10,18H,5-6H2,1H3/t9-/m1/s1. The Morgan fingerprint density at radius 3 is 2.83 bits per heavy atom. The highest BCUT2D eigenvalue weighted by Crippen LogP contribution is 2.39. The molecule has 18 heavy (non-hydrogen) atoms. The highest BCUT2D eigenvalue weighted by molar-refractivity contribution is 5.42. The summed E-state index contributed by atoms with van der Waals surface area (Å²) in [4.78, 5) is 0. The first kappa shape index (κ1) is 11.4. The average molecular weight is 246 g/mol. The third kappa shape index (κ3) is 1.93. The topological polar surface area (TPSA) is 38.0 Å². The zero-order valence-electron chi connectivity index (χ0n) is 10.2. The minimum Gasteiger partial charge on any atom is -0.389 e. The van der Waals surface area contributed by atoms with Gasteiger partial charge in [0.25, 0.3) is 0 Å². The number of hydrogen-bond acceptors (Lipinski definition) is 2. The molecule has 1 aliphatic rings. The summed E-state index contributed by atoms with van der Waals surface area (Å²) in [7, 11) is 0. The van der Waals surface area contributed by atoms with Crippen molar-refractivity contribution in [2.24, 2.45) is 0 Å². The lowest BCUT2D eigenvalue weighted by Gasteiger charge is -2.12. The van der Waals surface area contributed by atoms with Crippen LogP contribution in [0.1, 0.15) is 43.0 Å². The van der Waals surface area contributed by atoms with E-state index in [9.17, 15) is 9.50 Å². The molecular weight excluding hydrogens is 231 g/mol. The van der Waals surface area contributed by atoms with Crippen molar-refractivity contribution >= 4 is 0 Å². The third-order valence-electron chi connectivity index (χ3n) is 3.30. The van der Waals surface area contributed by atoms with E-state index >= 15 is 0 Å². The molecule has 3 rings (SSSR count). The second kappa shape index (κ2) is 4.21. The van der Waals surface area contributed by atoms with E-state index in [2.05, 4.69) is 5.10 Å². The van der Waals surface area contributed by atoms with Crippen LogP contribution in [0.4, 0.5) is 4.39 Å².